The third kappa shape index (κ3) is 3.39. The number of pyridine rings is 1. The SMILES string of the molecule is Cc1ncccc1CN(C)Cc1ccccc1[N+](=O)[O-]. The molecule has 0 atom stereocenters. The molecule has 104 valence electrons. The van der Waals surface area contributed by atoms with Crippen LogP contribution in [-0.2, 0) is 13.1 Å². The Morgan fingerprint density at radius 3 is 2.50 bits per heavy atom. The molecule has 0 aliphatic heterocycles. The quantitative estimate of drug-likeness (QED) is 0.619. The summed E-state index contributed by atoms with van der Waals surface area (Å²) < 4.78 is 0. The van der Waals surface area contributed by atoms with E-state index >= 15 is 0 Å². The van der Waals surface area contributed by atoms with Crippen LogP contribution in [0.1, 0.15) is 16.8 Å². The van der Waals surface area contributed by atoms with Crippen molar-refractivity contribution in [3.05, 3.63) is 69.5 Å². The van der Waals surface area contributed by atoms with Crippen LogP contribution in [0, 0.1) is 17.0 Å². The molecule has 0 amide bonds. The molecule has 20 heavy (non-hydrogen) atoms. The van der Waals surface area contributed by atoms with Gasteiger partial charge in [0.2, 0.25) is 0 Å². The predicted molar refractivity (Wildman–Crippen MR) is 77.2 cm³/mol. The van der Waals surface area contributed by atoms with Crippen molar-refractivity contribution in [3.63, 3.8) is 0 Å². The molecule has 5 heteroatoms. The first-order chi connectivity index (χ1) is 9.58. The van der Waals surface area contributed by atoms with E-state index in [0.29, 0.717) is 13.1 Å². The lowest BCUT2D eigenvalue weighted by molar-refractivity contribution is -0.385. The molecule has 5 nitrogen and oxygen atoms in total. The molecule has 0 radical (unpaired) electrons. The van der Waals surface area contributed by atoms with E-state index < -0.39 is 0 Å². The van der Waals surface area contributed by atoms with Crippen LogP contribution in [0.25, 0.3) is 0 Å². The summed E-state index contributed by atoms with van der Waals surface area (Å²) in [7, 11) is 1.95. The smallest absolute Gasteiger partial charge is 0.273 e. The predicted octanol–water partition coefficient (Wildman–Crippen LogP) is 2.93. The fraction of sp³-hybridized carbons (Fsp3) is 0.267. The lowest BCUT2D eigenvalue weighted by Gasteiger charge is -2.17. The van der Waals surface area contributed by atoms with E-state index in [2.05, 4.69) is 4.98 Å². The Morgan fingerprint density at radius 2 is 1.80 bits per heavy atom. The number of hydrogen-bond acceptors (Lipinski definition) is 4. The van der Waals surface area contributed by atoms with Gasteiger partial charge in [-0.15, -0.1) is 0 Å². The van der Waals surface area contributed by atoms with Crippen molar-refractivity contribution in [2.45, 2.75) is 20.0 Å². The Hall–Kier alpha value is -2.27. The normalized spacial score (nSPS) is 10.8. The van der Waals surface area contributed by atoms with Crippen molar-refractivity contribution in [2.24, 2.45) is 0 Å². The van der Waals surface area contributed by atoms with Gasteiger partial charge < -0.3 is 0 Å². The molecule has 0 aliphatic rings. The highest BCUT2D eigenvalue weighted by Gasteiger charge is 2.14. The number of nitro groups is 1. The van der Waals surface area contributed by atoms with Gasteiger partial charge in [0.25, 0.3) is 5.69 Å². The van der Waals surface area contributed by atoms with Gasteiger partial charge in [0.15, 0.2) is 0 Å². The highest BCUT2D eigenvalue weighted by molar-refractivity contribution is 5.39. The summed E-state index contributed by atoms with van der Waals surface area (Å²) in [6.45, 7) is 3.21. The van der Waals surface area contributed by atoms with Crippen LogP contribution < -0.4 is 0 Å². The van der Waals surface area contributed by atoms with Gasteiger partial charge in [-0.25, -0.2) is 0 Å². The van der Waals surface area contributed by atoms with Crippen LogP contribution in [-0.4, -0.2) is 21.9 Å². The first-order valence-corrected chi connectivity index (χ1v) is 6.39. The maximum atomic E-state index is 11.0. The Labute approximate surface area is 118 Å². The molecule has 0 saturated heterocycles. The number of nitrogens with zero attached hydrogens (tertiary/aromatic N) is 3. The van der Waals surface area contributed by atoms with E-state index in [-0.39, 0.29) is 10.6 Å². The standard InChI is InChI=1S/C15H17N3O2/c1-12-13(7-5-9-16-12)10-17(2)11-14-6-3-4-8-15(14)18(19)20/h3-9H,10-11H2,1-2H3. The average molecular weight is 271 g/mol. The second kappa shape index (κ2) is 6.25. The number of aromatic nitrogens is 1. The number of hydrogen-bond donors (Lipinski definition) is 0. The zero-order chi connectivity index (χ0) is 14.5. The Morgan fingerprint density at radius 1 is 1.15 bits per heavy atom. The number of para-hydroxylation sites is 1. The number of rotatable bonds is 5. The van der Waals surface area contributed by atoms with E-state index in [9.17, 15) is 10.1 Å². The van der Waals surface area contributed by atoms with E-state index in [4.69, 9.17) is 0 Å². The van der Waals surface area contributed by atoms with Crippen LogP contribution in [0.3, 0.4) is 0 Å². The number of benzene rings is 1. The summed E-state index contributed by atoms with van der Waals surface area (Å²) in [5.41, 5.74) is 3.01. The van der Waals surface area contributed by atoms with Crippen molar-refractivity contribution >= 4 is 5.69 Å². The molecule has 0 unspecified atom stereocenters. The molecule has 0 saturated carbocycles. The minimum Gasteiger partial charge on any atom is -0.298 e. The van der Waals surface area contributed by atoms with Gasteiger partial charge in [0.1, 0.15) is 0 Å². The first-order valence-electron chi connectivity index (χ1n) is 6.39. The molecule has 0 spiro atoms. The topological polar surface area (TPSA) is 59.3 Å². The number of nitro benzene ring substituents is 1. The second-order valence-electron chi connectivity index (χ2n) is 4.81. The summed E-state index contributed by atoms with van der Waals surface area (Å²) in [5.74, 6) is 0. The van der Waals surface area contributed by atoms with Crippen LogP contribution >= 0.6 is 0 Å². The average Bonchev–Trinajstić information content (AvgIpc) is 2.41. The van der Waals surface area contributed by atoms with Gasteiger partial charge in [-0.1, -0.05) is 24.3 Å². The molecule has 2 aromatic rings. The van der Waals surface area contributed by atoms with E-state index in [1.54, 1.807) is 24.4 Å². The van der Waals surface area contributed by atoms with Gasteiger partial charge in [0.05, 0.1) is 4.92 Å². The molecule has 0 fully saturated rings. The third-order valence-electron chi connectivity index (χ3n) is 3.19. The molecule has 0 N–H and O–H groups in total. The zero-order valence-electron chi connectivity index (χ0n) is 11.6. The lowest BCUT2D eigenvalue weighted by Crippen LogP contribution is -2.18. The van der Waals surface area contributed by atoms with Crippen molar-refractivity contribution in [2.75, 3.05) is 7.05 Å². The molecule has 1 heterocycles. The fourth-order valence-electron chi connectivity index (χ4n) is 2.14. The fourth-order valence-corrected chi connectivity index (χ4v) is 2.14. The first kappa shape index (κ1) is 14.1. The van der Waals surface area contributed by atoms with Crippen molar-refractivity contribution < 1.29 is 4.92 Å². The molecule has 1 aromatic heterocycles. The summed E-state index contributed by atoms with van der Waals surface area (Å²) in [4.78, 5) is 17.0. The maximum Gasteiger partial charge on any atom is 0.273 e. The largest absolute Gasteiger partial charge is 0.298 e. The van der Waals surface area contributed by atoms with E-state index in [1.165, 1.54) is 0 Å². The Balaban J connectivity index is 2.11. The zero-order valence-corrected chi connectivity index (χ0v) is 11.6. The molecular weight excluding hydrogens is 254 g/mol. The van der Waals surface area contributed by atoms with Crippen molar-refractivity contribution in [1.82, 2.24) is 9.88 Å². The Kier molecular flexibility index (Phi) is 4.42. The van der Waals surface area contributed by atoms with Crippen LogP contribution in [0.4, 0.5) is 5.69 Å². The van der Waals surface area contributed by atoms with Gasteiger partial charge in [-0.2, -0.15) is 0 Å². The summed E-state index contributed by atoms with van der Waals surface area (Å²) in [6, 6.07) is 10.8. The second-order valence-corrected chi connectivity index (χ2v) is 4.81. The highest BCUT2D eigenvalue weighted by Crippen LogP contribution is 2.20. The summed E-state index contributed by atoms with van der Waals surface area (Å²) in [6.07, 6.45) is 1.76. The summed E-state index contributed by atoms with van der Waals surface area (Å²) in [5, 5.41) is 11.0. The van der Waals surface area contributed by atoms with Gasteiger partial charge in [-0.3, -0.25) is 20.0 Å². The molecule has 1 aromatic carbocycles. The van der Waals surface area contributed by atoms with Gasteiger partial charge in [0, 0.05) is 36.6 Å². The maximum absolute atomic E-state index is 11.0. The van der Waals surface area contributed by atoms with Gasteiger partial charge >= 0.3 is 0 Å². The van der Waals surface area contributed by atoms with Crippen LogP contribution in [0.15, 0.2) is 42.6 Å². The summed E-state index contributed by atoms with van der Waals surface area (Å²) >= 11 is 0. The monoisotopic (exact) mass is 271 g/mol. The van der Waals surface area contributed by atoms with E-state index in [1.807, 2.05) is 37.1 Å². The van der Waals surface area contributed by atoms with Gasteiger partial charge in [-0.05, 0) is 25.6 Å². The molecule has 2 rings (SSSR count). The minimum atomic E-state index is -0.335. The minimum absolute atomic E-state index is 0.169. The molecular formula is C15H17N3O2. The molecule has 0 bridgehead atoms. The van der Waals surface area contributed by atoms with Crippen LogP contribution in [0.2, 0.25) is 0 Å². The van der Waals surface area contributed by atoms with E-state index in [0.717, 1.165) is 16.8 Å². The highest BCUT2D eigenvalue weighted by atomic mass is 16.6. The van der Waals surface area contributed by atoms with Crippen molar-refractivity contribution in [3.8, 4) is 0 Å². The number of aryl methyl sites for hydroxylation is 1. The lowest BCUT2D eigenvalue weighted by atomic mass is 10.1. The molecule has 0 aliphatic carbocycles. The third-order valence-corrected chi connectivity index (χ3v) is 3.19. The van der Waals surface area contributed by atoms with Crippen LogP contribution in [0.5, 0.6) is 0 Å². The van der Waals surface area contributed by atoms with Crippen molar-refractivity contribution in [1.29, 1.82) is 0 Å². The Bertz CT molecular complexity index is 614.